The molecule has 6 rings (SSSR count). The quantitative estimate of drug-likeness (QED) is 0.679. The summed E-state index contributed by atoms with van der Waals surface area (Å²) in [5.41, 5.74) is 0.855. The highest BCUT2D eigenvalue weighted by Gasteiger charge is 2.49. The van der Waals surface area contributed by atoms with E-state index in [-0.39, 0.29) is 31.1 Å². The van der Waals surface area contributed by atoms with Crippen molar-refractivity contribution in [3.8, 4) is 22.9 Å². The van der Waals surface area contributed by atoms with Gasteiger partial charge in [-0.25, -0.2) is 4.68 Å². The number of tetrazole rings is 1. The van der Waals surface area contributed by atoms with E-state index in [0.717, 1.165) is 17.1 Å². The molecule has 3 aliphatic heterocycles. The molecule has 10 heteroatoms. The summed E-state index contributed by atoms with van der Waals surface area (Å²) in [4.78, 5) is 0. The van der Waals surface area contributed by atoms with Crippen LogP contribution in [0.2, 0.25) is 0 Å². The van der Waals surface area contributed by atoms with Gasteiger partial charge in [0.25, 0.3) is 0 Å². The van der Waals surface area contributed by atoms with Crippen LogP contribution >= 0.6 is 0 Å². The summed E-state index contributed by atoms with van der Waals surface area (Å²) in [6, 6.07) is 9.48. The molecule has 2 saturated heterocycles. The molecule has 0 bridgehead atoms. The van der Waals surface area contributed by atoms with Gasteiger partial charge < -0.3 is 28.7 Å². The molecule has 29 heavy (non-hydrogen) atoms. The predicted octanol–water partition coefficient (Wildman–Crippen LogP) is 1.16. The zero-order valence-electron chi connectivity index (χ0n) is 15.4. The third kappa shape index (κ3) is 2.87. The third-order valence-electron chi connectivity index (χ3n) is 5.58. The maximum absolute atomic E-state index is 6.08. The van der Waals surface area contributed by atoms with Crippen LogP contribution in [0.5, 0.6) is 11.5 Å². The molecule has 0 aliphatic carbocycles. The van der Waals surface area contributed by atoms with Gasteiger partial charge in [0.05, 0.1) is 32.1 Å². The molecule has 4 atom stereocenters. The first-order valence-corrected chi connectivity index (χ1v) is 9.54. The molecule has 2 fully saturated rings. The Morgan fingerprint density at radius 1 is 1.07 bits per heavy atom. The molecule has 0 unspecified atom stereocenters. The standard InChI is InChI=1S/C19H19N5O5/c1-2-12(25-5-1)7-20-13-8-26-18-14(9-27-17(13)18)24-19(21-22-23-24)11-3-4-15-16(6-11)29-10-28-15/h1-6,13-14,17-18,20H,7-10H2/t13-,14-,17+,18+/m0/s1. The van der Waals surface area contributed by atoms with E-state index in [4.69, 9.17) is 23.4 Å². The molecule has 0 spiro atoms. The SMILES string of the molecule is c1coc(CN[C@H]2CO[C@H]3[C@@H]2OC[C@@H]3n2nnnc2-c2ccc3c(c2)OCO3)c1. The van der Waals surface area contributed by atoms with E-state index in [0.29, 0.717) is 31.3 Å². The highest BCUT2D eigenvalue weighted by molar-refractivity contribution is 5.61. The average Bonchev–Trinajstić information content (AvgIpc) is 3.55. The van der Waals surface area contributed by atoms with Crippen molar-refractivity contribution in [1.29, 1.82) is 0 Å². The minimum atomic E-state index is -0.125. The van der Waals surface area contributed by atoms with E-state index in [1.54, 1.807) is 10.9 Å². The van der Waals surface area contributed by atoms with Crippen LogP contribution in [0, 0.1) is 0 Å². The molecule has 0 radical (unpaired) electrons. The number of ether oxygens (including phenoxy) is 4. The van der Waals surface area contributed by atoms with Crippen LogP contribution < -0.4 is 14.8 Å². The molecule has 1 N–H and O–H groups in total. The minimum Gasteiger partial charge on any atom is -0.468 e. The van der Waals surface area contributed by atoms with E-state index >= 15 is 0 Å². The number of rotatable bonds is 5. The molecule has 3 aromatic rings. The van der Waals surface area contributed by atoms with E-state index in [1.165, 1.54) is 0 Å². The van der Waals surface area contributed by atoms with Crippen LogP contribution in [-0.2, 0) is 16.0 Å². The lowest BCUT2D eigenvalue weighted by Gasteiger charge is -2.18. The van der Waals surface area contributed by atoms with E-state index in [1.807, 2.05) is 30.3 Å². The minimum absolute atomic E-state index is 0.0660. The smallest absolute Gasteiger partial charge is 0.231 e. The molecule has 5 heterocycles. The maximum Gasteiger partial charge on any atom is 0.231 e. The van der Waals surface area contributed by atoms with Gasteiger partial charge in [-0.05, 0) is 40.8 Å². The molecule has 150 valence electrons. The molecule has 2 aromatic heterocycles. The number of benzene rings is 1. The van der Waals surface area contributed by atoms with Crippen molar-refractivity contribution in [3.05, 3.63) is 42.4 Å². The first-order valence-electron chi connectivity index (χ1n) is 9.54. The number of nitrogens with one attached hydrogen (secondary N) is 1. The molecular weight excluding hydrogens is 378 g/mol. The summed E-state index contributed by atoms with van der Waals surface area (Å²) >= 11 is 0. The Labute approximate surface area is 165 Å². The second-order valence-corrected chi connectivity index (χ2v) is 7.25. The zero-order chi connectivity index (χ0) is 19.2. The highest BCUT2D eigenvalue weighted by Crippen LogP contribution is 2.38. The van der Waals surface area contributed by atoms with Gasteiger partial charge in [0.1, 0.15) is 24.0 Å². The van der Waals surface area contributed by atoms with Gasteiger partial charge in [0.15, 0.2) is 17.3 Å². The van der Waals surface area contributed by atoms with Gasteiger partial charge in [0.2, 0.25) is 6.79 Å². The number of hydrogen-bond acceptors (Lipinski definition) is 9. The van der Waals surface area contributed by atoms with Gasteiger partial charge in [-0.15, -0.1) is 5.10 Å². The fourth-order valence-corrected chi connectivity index (χ4v) is 4.15. The van der Waals surface area contributed by atoms with Crippen LogP contribution in [0.25, 0.3) is 11.4 Å². The molecular formula is C19H19N5O5. The van der Waals surface area contributed by atoms with Crippen molar-refractivity contribution in [2.75, 3.05) is 20.0 Å². The lowest BCUT2D eigenvalue weighted by molar-refractivity contribution is 0.0621. The highest BCUT2D eigenvalue weighted by atomic mass is 16.7. The lowest BCUT2D eigenvalue weighted by Crippen LogP contribution is -2.40. The van der Waals surface area contributed by atoms with Crippen molar-refractivity contribution in [1.82, 2.24) is 25.5 Å². The van der Waals surface area contributed by atoms with Gasteiger partial charge in [-0.3, -0.25) is 0 Å². The van der Waals surface area contributed by atoms with E-state index < -0.39 is 0 Å². The zero-order valence-corrected chi connectivity index (χ0v) is 15.4. The first-order chi connectivity index (χ1) is 14.4. The normalized spacial score (nSPS) is 27.4. The van der Waals surface area contributed by atoms with Gasteiger partial charge in [-0.2, -0.15) is 0 Å². The lowest BCUT2D eigenvalue weighted by atomic mass is 10.1. The van der Waals surface area contributed by atoms with Crippen molar-refractivity contribution < 1.29 is 23.4 Å². The van der Waals surface area contributed by atoms with Gasteiger partial charge >= 0.3 is 0 Å². The average molecular weight is 397 g/mol. The van der Waals surface area contributed by atoms with E-state index in [9.17, 15) is 0 Å². The fraction of sp³-hybridized carbons (Fsp3) is 0.421. The second kappa shape index (κ2) is 6.83. The fourth-order valence-electron chi connectivity index (χ4n) is 4.15. The van der Waals surface area contributed by atoms with E-state index in [2.05, 4.69) is 20.8 Å². The predicted molar refractivity (Wildman–Crippen MR) is 97.2 cm³/mol. The van der Waals surface area contributed by atoms with Crippen molar-refractivity contribution >= 4 is 0 Å². The summed E-state index contributed by atoms with van der Waals surface area (Å²) < 4.78 is 30.2. The summed E-state index contributed by atoms with van der Waals surface area (Å²) in [5.74, 6) is 2.94. The Bertz CT molecular complexity index is 1010. The first kappa shape index (κ1) is 17.0. The van der Waals surface area contributed by atoms with Crippen molar-refractivity contribution in [2.45, 2.75) is 30.8 Å². The number of aromatic nitrogens is 4. The Hall–Kier alpha value is -2.95. The maximum atomic E-state index is 6.08. The molecule has 1 aromatic carbocycles. The number of hydrogen-bond donors (Lipinski definition) is 1. The summed E-state index contributed by atoms with van der Waals surface area (Å²) in [7, 11) is 0. The van der Waals surface area contributed by atoms with Crippen molar-refractivity contribution in [2.24, 2.45) is 0 Å². The van der Waals surface area contributed by atoms with Crippen LogP contribution in [0.4, 0.5) is 0 Å². The number of fused-ring (bicyclic) bond motifs is 2. The molecule has 0 saturated carbocycles. The topological polar surface area (TPSA) is 106 Å². The van der Waals surface area contributed by atoms with Gasteiger partial charge in [-0.1, -0.05) is 0 Å². The Kier molecular flexibility index (Phi) is 3.99. The van der Waals surface area contributed by atoms with Crippen LogP contribution in [0.3, 0.4) is 0 Å². The van der Waals surface area contributed by atoms with Crippen LogP contribution in [0.1, 0.15) is 11.8 Å². The van der Waals surface area contributed by atoms with Crippen LogP contribution in [0.15, 0.2) is 41.0 Å². The summed E-state index contributed by atoms with van der Waals surface area (Å²) in [6.07, 6.45) is 1.48. The van der Waals surface area contributed by atoms with Crippen LogP contribution in [-0.4, -0.2) is 58.5 Å². The Balaban J connectivity index is 1.21. The van der Waals surface area contributed by atoms with Crippen molar-refractivity contribution in [3.63, 3.8) is 0 Å². The number of furan rings is 1. The Morgan fingerprint density at radius 3 is 2.93 bits per heavy atom. The second-order valence-electron chi connectivity index (χ2n) is 7.25. The molecule has 3 aliphatic rings. The monoisotopic (exact) mass is 397 g/mol. The van der Waals surface area contributed by atoms with Gasteiger partial charge in [0, 0.05) is 5.56 Å². The Morgan fingerprint density at radius 2 is 2.00 bits per heavy atom. The number of nitrogens with zero attached hydrogens (tertiary/aromatic N) is 4. The largest absolute Gasteiger partial charge is 0.468 e. The third-order valence-corrected chi connectivity index (χ3v) is 5.58. The summed E-state index contributed by atoms with van der Waals surface area (Å²) in [6.45, 7) is 1.90. The summed E-state index contributed by atoms with van der Waals surface area (Å²) in [5, 5.41) is 15.8. The molecule has 10 nitrogen and oxygen atoms in total. The molecule has 0 amide bonds.